The van der Waals surface area contributed by atoms with Crippen LogP contribution in [0.5, 0.6) is 0 Å². The second-order valence-corrected chi connectivity index (χ2v) is 7.53. The second kappa shape index (κ2) is 4.91. The van der Waals surface area contributed by atoms with E-state index in [9.17, 15) is 22.0 Å². The van der Waals surface area contributed by atoms with E-state index in [4.69, 9.17) is 9.29 Å². The van der Waals surface area contributed by atoms with Crippen molar-refractivity contribution in [1.29, 1.82) is 0 Å². The highest BCUT2D eigenvalue weighted by Gasteiger charge is 2.57. The standard InChI is InChI=1S/C12H18F2O5S/c1-8-5-9-3-2-4-11(6-8,7-9)19-10(15)12(13,14)20(16,17)18/h8-9H,2-7H2,1H3,(H,16,17,18). The van der Waals surface area contributed by atoms with Gasteiger partial charge in [0.1, 0.15) is 5.60 Å². The number of halogens is 2. The third-order valence-electron chi connectivity index (χ3n) is 4.23. The Balaban J connectivity index is 2.18. The largest absolute Gasteiger partial charge is 0.465 e. The summed E-state index contributed by atoms with van der Waals surface area (Å²) in [6, 6.07) is 0. The van der Waals surface area contributed by atoms with E-state index in [1.54, 1.807) is 0 Å². The fourth-order valence-corrected chi connectivity index (χ4v) is 3.87. The molecular weight excluding hydrogens is 294 g/mol. The summed E-state index contributed by atoms with van der Waals surface area (Å²) in [6.45, 7) is 1.96. The fraction of sp³-hybridized carbons (Fsp3) is 0.917. The number of hydrogen-bond donors (Lipinski definition) is 1. The Bertz CT molecular complexity index is 500. The van der Waals surface area contributed by atoms with E-state index in [1.807, 2.05) is 6.92 Å². The maximum absolute atomic E-state index is 13.3. The second-order valence-electron chi connectivity index (χ2n) is 6.07. The molecule has 1 N–H and O–H groups in total. The molecule has 20 heavy (non-hydrogen) atoms. The first kappa shape index (κ1) is 15.6. The van der Waals surface area contributed by atoms with Crippen LogP contribution in [0.4, 0.5) is 8.78 Å². The van der Waals surface area contributed by atoms with E-state index in [2.05, 4.69) is 0 Å². The number of carbonyl (C=O) groups excluding carboxylic acids is 1. The van der Waals surface area contributed by atoms with Crippen molar-refractivity contribution in [3.05, 3.63) is 0 Å². The van der Waals surface area contributed by atoms with Crippen LogP contribution in [0.3, 0.4) is 0 Å². The van der Waals surface area contributed by atoms with Crippen molar-refractivity contribution < 1.29 is 31.3 Å². The first-order chi connectivity index (χ1) is 9.06. The van der Waals surface area contributed by atoms with Gasteiger partial charge in [0.2, 0.25) is 0 Å². The summed E-state index contributed by atoms with van der Waals surface area (Å²) in [5, 5.41) is -4.91. The van der Waals surface area contributed by atoms with Gasteiger partial charge in [-0.2, -0.15) is 17.2 Å². The zero-order valence-electron chi connectivity index (χ0n) is 11.1. The molecule has 2 aliphatic rings. The van der Waals surface area contributed by atoms with Crippen molar-refractivity contribution in [3.63, 3.8) is 0 Å². The van der Waals surface area contributed by atoms with Gasteiger partial charge in [-0.05, 0) is 43.9 Å². The normalized spacial score (nSPS) is 34.6. The van der Waals surface area contributed by atoms with Crippen LogP contribution in [0.15, 0.2) is 0 Å². The highest BCUT2D eigenvalue weighted by Crippen LogP contribution is 2.48. The molecule has 0 saturated heterocycles. The maximum Gasteiger partial charge on any atom is 0.465 e. The molecular formula is C12H18F2O5S. The maximum atomic E-state index is 13.3. The predicted molar refractivity (Wildman–Crippen MR) is 65.7 cm³/mol. The minimum Gasteiger partial charge on any atom is -0.454 e. The van der Waals surface area contributed by atoms with Crippen LogP contribution in [-0.2, 0) is 19.6 Å². The van der Waals surface area contributed by atoms with Gasteiger partial charge in [0.05, 0.1) is 0 Å². The van der Waals surface area contributed by atoms with Gasteiger partial charge < -0.3 is 4.74 Å². The number of fused-ring (bicyclic) bond motifs is 2. The Morgan fingerprint density at radius 3 is 2.65 bits per heavy atom. The molecule has 5 nitrogen and oxygen atoms in total. The molecule has 0 amide bonds. The lowest BCUT2D eigenvalue weighted by atomic mass is 9.65. The molecule has 2 rings (SSSR count). The summed E-state index contributed by atoms with van der Waals surface area (Å²) in [5.74, 6) is -1.62. The summed E-state index contributed by atoms with van der Waals surface area (Å²) in [5.41, 5.74) is -1.01. The lowest BCUT2D eigenvalue weighted by Gasteiger charge is -2.47. The van der Waals surface area contributed by atoms with Crippen molar-refractivity contribution in [2.24, 2.45) is 11.8 Å². The van der Waals surface area contributed by atoms with Gasteiger partial charge in [0, 0.05) is 0 Å². The molecule has 2 fully saturated rings. The van der Waals surface area contributed by atoms with Crippen LogP contribution in [-0.4, -0.2) is 29.8 Å². The fourth-order valence-electron chi connectivity index (χ4n) is 3.61. The third-order valence-corrected chi connectivity index (χ3v) is 5.05. The molecule has 0 radical (unpaired) electrons. The molecule has 3 unspecified atom stereocenters. The van der Waals surface area contributed by atoms with Gasteiger partial charge in [-0.3, -0.25) is 4.55 Å². The highest BCUT2D eigenvalue weighted by molar-refractivity contribution is 7.87. The number of ether oxygens (including phenoxy) is 1. The van der Waals surface area contributed by atoms with Crippen LogP contribution in [0.1, 0.15) is 45.4 Å². The zero-order chi connectivity index (χ0) is 15.2. The van der Waals surface area contributed by atoms with E-state index in [1.165, 1.54) is 0 Å². The molecule has 0 aromatic rings. The van der Waals surface area contributed by atoms with Gasteiger partial charge in [-0.25, -0.2) is 4.79 Å². The van der Waals surface area contributed by atoms with Crippen LogP contribution < -0.4 is 0 Å². The summed E-state index contributed by atoms with van der Waals surface area (Å²) in [6.07, 6.45) is 4.11. The number of alkyl halides is 2. The van der Waals surface area contributed by atoms with Gasteiger partial charge in [0.25, 0.3) is 0 Å². The number of esters is 1. The van der Waals surface area contributed by atoms with Gasteiger partial charge in [0.15, 0.2) is 0 Å². The van der Waals surface area contributed by atoms with Gasteiger partial charge in [-0.15, -0.1) is 0 Å². The van der Waals surface area contributed by atoms with Crippen molar-refractivity contribution in [2.45, 2.75) is 56.3 Å². The van der Waals surface area contributed by atoms with Crippen molar-refractivity contribution in [3.8, 4) is 0 Å². The Kier molecular flexibility index (Phi) is 3.83. The molecule has 0 aromatic heterocycles. The summed E-state index contributed by atoms with van der Waals surface area (Å²) < 4.78 is 61.0. The summed E-state index contributed by atoms with van der Waals surface area (Å²) in [7, 11) is -5.80. The molecule has 2 saturated carbocycles. The molecule has 116 valence electrons. The van der Waals surface area contributed by atoms with Crippen LogP contribution >= 0.6 is 0 Å². The zero-order valence-corrected chi connectivity index (χ0v) is 12.0. The van der Waals surface area contributed by atoms with E-state index in [0.717, 1.165) is 19.3 Å². The molecule has 2 aliphatic carbocycles. The Labute approximate surface area is 116 Å². The van der Waals surface area contributed by atoms with E-state index in [0.29, 0.717) is 25.2 Å². The minimum atomic E-state index is -5.80. The van der Waals surface area contributed by atoms with E-state index >= 15 is 0 Å². The molecule has 0 aliphatic heterocycles. The van der Waals surface area contributed by atoms with Crippen molar-refractivity contribution in [2.75, 3.05) is 0 Å². The molecule has 3 atom stereocenters. The number of hydrogen-bond acceptors (Lipinski definition) is 4. The number of carbonyl (C=O) groups is 1. The highest BCUT2D eigenvalue weighted by atomic mass is 32.2. The summed E-state index contributed by atoms with van der Waals surface area (Å²) in [4.78, 5) is 11.5. The minimum absolute atomic E-state index is 0.237. The molecule has 0 spiro atoms. The lowest BCUT2D eigenvalue weighted by Crippen LogP contribution is -2.50. The Hall–Kier alpha value is -0.760. The van der Waals surface area contributed by atoms with Crippen molar-refractivity contribution in [1.82, 2.24) is 0 Å². The van der Waals surface area contributed by atoms with Crippen LogP contribution in [0.2, 0.25) is 0 Å². The molecule has 0 aromatic carbocycles. The Morgan fingerprint density at radius 1 is 1.40 bits per heavy atom. The SMILES string of the molecule is CC1CC2CCCC(OC(=O)C(F)(F)S(=O)(=O)O)(C1)C2. The molecule has 8 heteroatoms. The predicted octanol–water partition coefficient (Wildman–Crippen LogP) is 2.37. The van der Waals surface area contributed by atoms with E-state index in [-0.39, 0.29) is 5.92 Å². The average molecular weight is 312 g/mol. The van der Waals surface area contributed by atoms with Crippen LogP contribution in [0.25, 0.3) is 0 Å². The molecule has 2 bridgehead atoms. The Morgan fingerprint density at radius 2 is 2.05 bits per heavy atom. The van der Waals surface area contributed by atoms with Gasteiger partial charge >= 0.3 is 21.3 Å². The lowest BCUT2D eigenvalue weighted by molar-refractivity contribution is -0.189. The number of rotatable bonds is 3. The van der Waals surface area contributed by atoms with E-state index < -0.39 is 26.9 Å². The quantitative estimate of drug-likeness (QED) is 0.639. The smallest absolute Gasteiger partial charge is 0.454 e. The summed E-state index contributed by atoms with van der Waals surface area (Å²) >= 11 is 0. The monoisotopic (exact) mass is 312 g/mol. The van der Waals surface area contributed by atoms with Crippen molar-refractivity contribution >= 4 is 16.1 Å². The van der Waals surface area contributed by atoms with Crippen LogP contribution in [0, 0.1) is 11.8 Å². The molecule has 0 heterocycles. The average Bonchev–Trinajstić information content (AvgIpc) is 2.25. The topological polar surface area (TPSA) is 80.7 Å². The van der Waals surface area contributed by atoms with Gasteiger partial charge in [-0.1, -0.05) is 13.3 Å². The first-order valence-electron chi connectivity index (χ1n) is 6.64. The third kappa shape index (κ3) is 2.81. The first-order valence-corrected chi connectivity index (χ1v) is 8.08.